The van der Waals surface area contributed by atoms with Crippen molar-refractivity contribution >= 4 is 35.9 Å². The normalized spacial score (nSPS) is 11.4. The van der Waals surface area contributed by atoms with Crippen LogP contribution in [-0.4, -0.2) is 63.3 Å². The van der Waals surface area contributed by atoms with Crippen molar-refractivity contribution in [2.45, 2.75) is 46.3 Å². The van der Waals surface area contributed by atoms with Gasteiger partial charge in [0.2, 0.25) is 0 Å². The lowest BCUT2D eigenvalue weighted by Gasteiger charge is -2.30. The summed E-state index contributed by atoms with van der Waals surface area (Å²) in [6, 6.07) is 6.44. The summed E-state index contributed by atoms with van der Waals surface area (Å²) < 4.78 is 10.0. The molecule has 0 heterocycles. The van der Waals surface area contributed by atoms with E-state index >= 15 is 0 Å². The minimum Gasteiger partial charge on any atom is -0.496 e. The number of esters is 1. The Morgan fingerprint density at radius 2 is 1.79 bits per heavy atom. The highest BCUT2D eigenvalue weighted by Gasteiger charge is 2.14. The predicted octanol–water partition coefficient (Wildman–Crippen LogP) is 2.88. The van der Waals surface area contributed by atoms with Crippen molar-refractivity contribution in [3.63, 3.8) is 0 Å². The molecule has 0 radical (unpaired) electrons. The zero-order valence-electron chi connectivity index (χ0n) is 18.0. The number of hydrogen-bond donors (Lipinski definition) is 2. The second-order valence-electron chi connectivity index (χ2n) is 6.80. The Morgan fingerprint density at radius 3 is 2.29 bits per heavy atom. The molecule has 160 valence electrons. The van der Waals surface area contributed by atoms with Crippen molar-refractivity contribution in [3.8, 4) is 5.75 Å². The monoisotopic (exact) mass is 506 g/mol. The van der Waals surface area contributed by atoms with Gasteiger partial charge in [-0.3, -0.25) is 9.89 Å². The maximum absolute atomic E-state index is 11.9. The summed E-state index contributed by atoms with van der Waals surface area (Å²) >= 11 is 0. The summed E-state index contributed by atoms with van der Waals surface area (Å²) in [6.07, 6.45) is 0. The molecule has 0 aliphatic rings. The van der Waals surface area contributed by atoms with E-state index in [9.17, 15) is 4.79 Å². The van der Waals surface area contributed by atoms with Crippen LogP contribution in [0.3, 0.4) is 0 Å². The summed E-state index contributed by atoms with van der Waals surface area (Å²) in [5.74, 6) is 0.798. The molecule has 28 heavy (non-hydrogen) atoms. The van der Waals surface area contributed by atoms with Crippen LogP contribution in [0.25, 0.3) is 0 Å². The Bertz CT molecular complexity index is 628. The van der Waals surface area contributed by atoms with Gasteiger partial charge in [0, 0.05) is 38.8 Å². The van der Waals surface area contributed by atoms with Crippen molar-refractivity contribution in [2.75, 3.05) is 34.4 Å². The fourth-order valence-electron chi connectivity index (χ4n) is 2.96. The fourth-order valence-corrected chi connectivity index (χ4v) is 2.96. The van der Waals surface area contributed by atoms with Gasteiger partial charge in [0.1, 0.15) is 11.3 Å². The number of halogens is 1. The Kier molecular flexibility index (Phi) is 12.8. The lowest BCUT2D eigenvalue weighted by Crippen LogP contribution is -2.45. The summed E-state index contributed by atoms with van der Waals surface area (Å²) in [5.41, 5.74) is 1.34. The van der Waals surface area contributed by atoms with Gasteiger partial charge in [-0.15, -0.1) is 24.0 Å². The number of carbonyl (C=O) groups excluding carboxylic acids is 1. The number of guanidine groups is 1. The van der Waals surface area contributed by atoms with Crippen molar-refractivity contribution in [1.82, 2.24) is 15.5 Å². The number of ether oxygens (including phenoxy) is 2. The van der Waals surface area contributed by atoms with Gasteiger partial charge in [0.15, 0.2) is 5.96 Å². The molecule has 0 bridgehead atoms. The molecule has 0 saturated carbocycles. The van der Waals surface area contributed by atoms with E-state index in [1.807, 2.05) is 6.07 Å². The van der Waals surface area contributed by atoms with Crippen molar-refractivity contribution in [2.24, 2.45) is 4.99 Å². The number of nitrogens with one attached hydrogen (secondary N) is 2. The van der Waals surface area contributed by atoms with Crippen LogP contribution in [0.5, 0.6) is 5.75 Å². The molecule has 0 unspecified atom stereocenters. The molecule has 0 aliphatic heterocycles. The SMILES string of the molecule is CN=C(NCCN(C(C)C)C(C)C)NCc1ccc(OC)c(C(=O)OC)c1.I. The predicted molar refractivity (Wildman–Crippen MR) is 125 cm³/mol. The maximum atomic E-state index is 11.9. The van der Waals surface area contributed by atoms with Crippen LogP contribution in [0, 0.1) is 0 Å². The lowest BCUT2D eigenvalue weighted by molar-refractivity contribution is 0.0597. The molecule has 0 spiro atoms. The van der Waals surface area contributed by atoms with Crippen LogP contribution in [0.2, 0.25) is 0 Å². The first kappa shape index (κ1) is 26.4. The molecule has 0 atom stereocenters. The number of rotatable bonds is 9. The standard InChI is InChI=1S/C20H34N4O3.HI/c1-14(2)24(15(3)4)11-10-22-20(21-5)23-13-16-8-9-18(26-6)17(12-16)19(25)27-7;/h8-9,12,14-15H,10-11,13H2,1-7H3,(H2,21,22,23);1H. The van der Waals surface area contributed by atoms with E-state index in [1.165, 1.54) is 14.2 Å². The molecular weight excluding hydrogens is 471 g/mol. The third kappa shape index (κ3) is 8.22. The number of aliphatic imine (C=N–C) groups is 1. The van der Waals surface area contributed by atoms with E-state index in [2.05, 4.69) is 48.2 Å². The van der Waals surface area contributed by atoms with Crippen LogP contribution >= 0.6 is 24.0 Å². The van der Waals surface area contributed by atoms with Gasteiger partial charge >= 0.3 is 5.97 Å². The highest BCUT2D eigenvalue weighted by Crippen LogP contribution is 2.20. The average molecular weight is 506 g/mol. The minimum absolute atomic E-state index is 0. The number of nitrogens with zero attached hydrogens (tertiary/aromatic N) is 2. The van der Waals surface area contributed by atoms with Gasteiger partial charge in [-0.05, 0) is 45.4 Å². The molecule has 0 aliphatic carbocycles. The Morgan fingerprint density at radius 1 is 1.14 bits per heavy atom. The van der Waals surface area contributed by atoms with E-state index in [0.29, 0.717) is 29.9 Å². The lowest BCUT2D eigenvalue weighted by atomic mass is 10.1. The summed E-state index contributed by atoms with van der Waals surface area (Å²) in [4.78, 5) is 18.6. The van der Waals surface area contributed by atoms with Gasteiger partial charge in [0.05, 0.1) is 14.2 Å². The van der Waals surface area contributed by atoms with E-state index in [4.69, 9.17) is 9.47 Å². The first-order valence-electron chi connectivity index (χ1n) is 9.29. The van der Waals surface area contributed by atoms with Crippen LogP contribution in [-0.2, 0) is 11.3 Å². The molecule has 1 rings (SSSR count). The number of carbonyl (C=O) groups is 1. The number of methoxy groups -OCH3 is 2. The zero-order chi connectivity index (χ0) is 20.4. The third-order valence-electron chi connectivity index (χ3n) is 4.34. The largest absolute Gasteiger partial charge is 0.496 e. The molecule has 1 aromatic rings. The van der Waals surface area contributed by atoms with Gasteiger partial charge in [-0.1, -0.05) is 6.07 Å². The van der Waals surface area contributed by atoms with E-state index in [0.717, 1.165) is 24.6 Å². The number of benzene rings is 1. The molecule has 7 nitrogen and oxygen atoms in total. The number of hydrogen-bond acceptors (Lipinski definition) is 5. The summed E-state index contributed by atoms with van der Waals surface area (Å²) in [6.45, 7) is 11.1. The van der Waals surface area contributed by atoms with Gasteiger partial charge in [-0.25, -0.2) is 4.79 Å². The van der Waals surface area contributed by atoms with E-state index in [1.54, 1.807) is 19.2 Å². The highest BCUT2D eigenvalue weighted by atomic mass is 127. The summed E-state index contributed by atoms with van der Waals surface area (Å²) in [7, 11) is 4.63. The smallest absolute Gasteiger partial charge is 0.341 e. The van der Waals surface area contributed by atoms with Crippen LogP contribution in [0.15, 0.2) is 23.2 Å². The highest BCUT2D eigenvalue weighted by molar-refractivity contribution is 14.0. The maximum Gasteiger partial charge on any atom is 0.341 e. The van der Waals surface area contributed by atoms with Gasteiger partial charge < -0.3 is 20.1 Å². The van der Waals surface area contributed by atoms with Crippen LogP contribution in [0.1, 0.15) is 43.6 Å². The Balaban J connectivity index is 0.00000729. The first-order valence-corrected chi connectivity index (χ1v) is 9.29. The molecular formula is C20H35IN4O3. The average Bonchev–Trinajstić information content (AvgIpc) is 2.65. The third-order valence-corrected chi connectivity index (χ3v) is 4.34. The molecule has 1 aromatic carbocycles. The molecule has 8 heteroatoms. The first-order chi connectivity index (χ1) is 12.8. The fraction of sp³-hybridized carbons (Fsp3) is 0.600. The van der Waals surface area contributed by atoms with E-state index in [-0.39, 0.29) is 24.0 Å². The molecule has 0 aromatic heterocycles. The van der Waals surface area contributed by atoms with Crippen molar-refractivity contribution < 1.29 is 14.3 Å². The Labute approximate surface area is 186 Å². The molecule has 0 fully saturated rings. The van der Waals surface area contributed by atoms with E-state index < -0.39 is 5.97 Å². The van der Waals surface area contributed by atoms with Crippen molar-refractivity contribution in [1.29, 1.82) is 0 Å². The topological polar surface area (TPSA) is 75.2 Å². The van der Waals surface area contributed by atoms with Crippen molar-refractivity contribution in [3.05, 3.63) is 29.3 Å². The zero-order valence-corrected chi connectivity index (χ0v) is 20.4. The molecule has 2 N–H and O–H groups in total. The second kappa shape index (κ2) is 13.6. The minimum atomic E-state index is -0.418. The van der Waals surface area contributed by atoms with Gasteiger partial charge in [-0.2, -0.15) is 0 Å². The molecule has 0 amide bonds. The van der Waals surface area contributed by atoms with Crippen LogP contribution < -0.4 is 15.4 Å². The molecule has 0 saturated heterocycles. The quantitative estimate of drug-likeness (QED) is 0.232. The van der Waals surface area contributed by atoms with Crippen LogP contribution in [0.4, 0.5) is 0 Å². The Hall–Kier alpha value is -1.55. The summed E-state index contributed by atoms with van der Waals surface area (Å²) in [5, 5.41) is 6.60. The second-order valence-corrected chi connectivity index (χ2v) is 6.80. The van der Waals surface area contributed by atoms with Gasteiger partial charge in [0.25, 0.3) is 0 Å².